The Bertz CT molecular complexity index is 660. The summed E-state index contributed by atoms with van der Waals surface area (Å²) in [7, 11) is 0. The summed E-state index contributed by atoms with van der Waals surface area (Å²) in [6, 6.07) is 16.1. The Kier molecular flexibility index (Phi) is 2.87. The molecule has 2 aromatic carbocycles. The van der Waals surface area contributed by atoms with Crippen LogP contribution in [-0.4, -0.2) is 12.2 Å². The van der Waals surface area contributed by atoms with Crippen molar-refractivity contribution in [1.29, 1.82) is 0 Å². The van der Waals surface area contributed by atoms with Crippen LogP contribution in [-0.2, 0) is 0 Å². The van der Waals surface area contributed by atoms with Crippen LogP contribution in [0.15, 0.2) is 48.5 Å². The summed E-state index contributed by atoms with van der Waals surface area (Å²) in [6.45, 7) is 8.20. The van der Waals surface area contributed by atoms with Crippen LogP contribution >= 0.6 is 0 Å². The Morgan fingerprint density at radius 2 is 1.50 bits per heavy atom. The van der Waals surface area contributed by atoms with Crippen LogP contribution in [0.4, 0.5) is 17.1 Å². The second-order valence-corrected chi connectivity index (χ2v) is 5.59. The van der Waals surface area contributed by atoms with Crippen LogP contribution in [0.2, 0.25) is 0 Å². The molecule has 0 saturated carbocycles. The van der Waals surface area contributed by atoms with E-state index >= 15 is 0 Å². The molecule has 0 aliphatic carbocycles. The van der Waals surface area contributed by atoms with Crippen molar-refractivity contribution in [2.24, 2.45) is 0 Å². The van der Waals surface area contributed by atoms with E-state index in [1.807, 2.05) is 19.9 Å². The van der Waals surface area contributed by atoms with Gasteiger partial charge in [0.05, 0.1) is 12.7 Å². The molecule has 0 radical (unpaired) electrons. The molecule has 0 amide bonds. The molecular formula is C18H22N2. The molecule has 20 heavy (non-hydrogen) atoms. The largest absolute Gasteiger partial charge is 0.347 e. The highest BCUT2D eigenvalue weighted by Gasteiger charge is 2.35. The SMILES string of the molecule is [2H]C(C)(C)N1c2ccccc2N(c2ccccc2C)[C@H]1C. The molecule has 0 saturated heterocycles. The molecule has 2 heteroatoms. The van der Waals surface area contributed by atoms with Crippen molar-refractivity contribution >= 4 is 17.1 Å². The third-order valence-electron chi connectivity index (χ3n) is 4.00. The van der Waals surface area contributed by atoms with Gasteiger partial charge >= 0.3 is 0 Å². The van der Waals surface area contributed by atoms with Gasteiger partial charge in [-0.15, -0.1) is 0 Å². The van der Waals surface area contributed by atoms with Crippen LogP contribution in [0.3, 0.4) is 0 Å². The lowest BCUT2D eigenvalue weighted by atomic mass is 10.1. The number of aryl methyl sites for hydroxylation is 1. The Morgan fingerprint density at radius 1 is 0.950 bits per heavy atom. The lowest BCUT2D eigenvalue weighted by Gasteiger charge is -2.33. The van der Waals surface area contributed by atoms with Gasteiger partial charge in [-0.05, 0) is 51.5 Å². The molecule has 0 spiro atoms. The van der Waals surface area contributed by atoms with Crippen molar-refractivity contribution in [3.63, 3.8) is 0 Å². The lowest BCUT2D eigenvalue weighted by molar-refractivity contribution is 0.606. The zero-order chi connectivity index (χ0) is 15.2. The fraction of sp³-hybridized carbons (Fsp3) is 0.333. The number of fused-ring (bicyclic) bond motifs is 1. The average Bonchev–Trinajstić information content (AvgIpc) is 2.71. The topological polar surface area (TPSA) is 6.48 Å². The highest BCUT2D eigenvalue weighted by Crippen LogP contribution is 2.45. The number of hydrogen-bond acceptors (Lipinski definition) is 2. The highest BCUT2D eigenvalue weighted by molar-refractivity contribution is 5.84. The van der Waals surface area contributed by atoms with Gasteiger partial charge in [-0.1, -0.05) is 30.3 Å². The van der Waals surface area contributed by atoms with E-state index in [1.54, 1.807) is 0 Å². The molecule has 0 unspecified atom stereocenters. The summed E-state index contributed by atoms with van der Waals surface area (Å²) in [6.07, 6.45) is 0.121. The monoisotopic (exact) mass is 267 g/mol. The van der Waals surface area contributed by atoms with Crippen molar-refractivity contribution in [3.05, 3.63) is 54.1 Å². The van der Waals surface area contributed by atoms with E-state index in [1.165, 1.54) is 16.9 Å². The number of rotatable bonds is 2. The summed E-state index contributed by atoms with van der Waals surface area (Å²) in [5.41, 5.74) is 4.78. The minimum Gasteiger partial charge on any atom is -0.347 e. The zero-order valence-electron chi connectivity index (χ0n) is 13.6. The minimum atomic E-state index is -0.660. The Balaban J connectivity index is 2.18. The Labute approximate surface area is 123 Å². The fourth-order valence-electron chi connectivity index (χ4n) is 3.17. The summed E-state index contributed by atoms with van der Waals surface area (Å²) < 4.78 is 8.50. The Hall–Kier alpha value is -1.96. The molecule has 1 atom stereocenters. The maximum Gasteiger partial charge on any atom is 0.104 e. The maximum absolute atomic E-state index is 8.50. The van der Waals surface area contributed by atoms with E-state index < -0.39 is 6.02 Å². The molecule has 2 aromatic rings. The molecule has 104 valence electrons. The van der Waals surface area contributed by atoms with Crippen molar-refractivity contribution < 1.29 is 1.37 Å². The van der Waals surface area contributed by atoms with Gasteiger partial charge in [0, 0.05) is 11.7 Å². The standard InChI is InChI=1S/C18H22N2/c1-13(2)19-15(4)20(16-10-6-5-9-14(16)3)18-12-8-7-11-17(18)19/h5-13,15H,1-4H3/t15-/m0/s1/i13D. The first-order valence-electron chi connectivity index (χ1n) is 7.64. The quantitative estimate of drug-likeness (QED) is 0.777. The second-order valence-electron chi connectivity index (χ2n) is 5.59. The minimum absolute atomic E-state index is 0.121. The maximum atomic E-state index is 8.50. The van der Waals surface area contributed by atoms with E-state index in [9.17, 15) is 0 Å². The highest BCUT2D eigenvalue weighted by atomic mass is 15.4. The number of anilines is 3. The summed E-state index contributed by atoms with van der Waals surface area (Å²) in [4.78, 5) is 4.51. The van der Waals surface area contributed by atoms with Crippen molar-refractivity contribution in [3.8, 4) is 0 Å². The van der Waals surface area contributed by atoms with E-state index in [0.717, 1.165) is 5.69 Å². The molecule has 0 aromatic heterocycles. The van der Waals surface area contributed by atoms with Gasteiger partial charge in [0.1, 0.15) is 6.17 Å². The molecule has 0 bridgehead atoms. The smallest absolute Gasteiger partial charge is 0.104 e. The van der Waals surface area contributed by atoms with Crippen molar-refractivity contribution in [1.82, 2.24) is 0 Å². The zero-order valence-corrected chi connectivity index (χ0v) is 12.6. The van der Waals surface area contributed by atoms with Crippen LogP contribution in [0.25, 0.3) is 0 Å². The van der Waals surface area contributed by atoms with Gasteiger partial charge in [-0.2, -0.15) is 0 Å². The first-order chi connectivity index (χ1) is 9.91. The third-order valence-corrected chi connectivity index (χ3v) is 4.00. The lowest BCUT2D eigenvalue weighted by Crippen LogP contribution is -2.42. The fourth-order valence-corrected chi connectivity index (χ4v) is 3.17. The van der Waals surface area contributed by atoms with Crippen molar-refractivity contribution in [2.75, 3.05) is 9.80 Å². The normalized spacial score (nSPS) is 19.0. The molecule has 0 N–H and O–H groups in total. The Morgan fingerprint density at radius 3 is 2.10 bits per heavy atom. The van der Waals surface area contributed by atoms with E-state index in [2.05, 4.69) is 66.1 Å². The van der Waals surface area contributed by atoms with Crippen LogP contribution < -0.4 is 9.80 Å². The molecule has 2 nitrogen and oxygen atoms in total. The average molecular weight is 267 g/mol. The van der Waals surface area contributed by atoms with Gasteiger partial charge < -0.3 is 9.80 Å². The van der Waals surface area contributed by atoms with E-state index in [4.69, 9.17) is 1.37 Å². The second kappa shape index (κ2) is 4.86. The first kappa shape index (κ1) is 11.8. The van der Waals surface area contributed by atoms with Gasteiger partial charge in [0.15, 0.2) is 0 Å². The summed E-state index contributed by atoms with van der Waals surface area (Å²) >= 11 is 0. The number of benzene rings is 2. The molecule has 1 aliphatic heterocycles. The van der Waals surface area contributed by atoms with Gasteiger partial charge in [-0.3, -0.25) is 0 Å². The van der Waals surface area contributed by atoms with E-state index in [-0.39, 0.29) is 6.17 Å². The van der Waals surface area contributed by atoms with Crippen molar-refractivity contribution in [2.45, 2.75) is 39.9 Å². The molecular weight excluding hydrogens is 244 g/mol. The first-order valence-corrected chi connectivity index (χ1v) is 7.14. The summed E-state index contributed by atoms with van der Waals surface area (Å²) in [5, 5.41) is 0. The number of para-hydroxylation sites is 3. The van der Waals surface area contributed by atoms with Crippen LogP contribution in [0, 0.1) is 6.92 Å². The molecule has 3 rings (SSSR count). The predicted molar refractivity (Wildman–Crippen MR) is 86.8 cm³/mol. The van der Waals surface area contributed by atoms with Crippen LogP contribution in [0.1, 0.15) is 27.7 Å². The number of hydrogen-bond donors (Lipinski definition) is 0. The molecule has 0 fully saturated rings. The number of nitrogens with zero attached hydrogens (tertiary/aromatic N) is 2. The van der Waals surface area contributed by atoms with Gasteiger partial charge in [-0.25, -0.2) is 0 Å². The molecule has 1 aliphatic rings. The summed E-state index contributed by atoms with van der Waals surface area (Å²) in [5.74, 6) is 0. The van der Waals surface area contributed by atoms with Gasteiger partial charge in [0.2, 0.25) is 0 Å². The van der Waals surface area contributed by atoms with Crippen LogP contribution in [0.5, 0.6) is 0 Å². The predicted octanol–water partition coefficient (Wildman–Crippen LogP) is 4.71. The van der Waals surface area contributed by atoms with Gasteiger partial charge in [0.25, 0.3) is 0 Å². The third kappa shape index (κ3) is 1.87. The molecule has 1 heterocycles. The van der Waals surface area contributed by atoms with E-state index in [0.29, 0.717) is 0 Å².